The number of aromatic nitrogens is 4. The van der Waals surface area contributed by atoms with Crippen LogP contribution in [0.15, 0.2) is 72.9 Å². The molecule has 14 heteroatoms. The van der Waals surface area contributed by atoms with Crippen molar-refractivity contribution in [1.29, 1.82) is 0 Å². The van der Waals surface area contributed by atoms with Crippen LogP contribution in [0.25, 0.3) is 5.65 Å². The van der Waals surface area contributed by atoms with E-state index in [1.807, 2.05) is 55.5 Å². The summed E-state index contributed by atoms with van der Waals surface area (Å²) < 4.78 is 39.0. The Labute approximate surface area is 295 Å². The van der Waals surface area contributed by atoms with Gasteiger partial charge in [-0.3, -0.25) is 0 Å². The molecule has 0 fully saturated rings. The zero-order valence-corrected chi connectivity index (χ0v) is 29.3. The first-order valence-corrected chi connectivity index (χ1v) is 16.6. The van der Waals surface area contributed by atoms with Gasteiger partial charge in [-0.2, -0.15) is 4.98 Å². The number of nitrogens with zero attached hydrogens (tertiary/aromatic N) is 6. The van der Waals surface area contributed by atoms with Crippen molar-refractivity contribution in [3.63, 3.8) is 0 Å². The number of hydrogen-bond acceptors (Lipinski definition) is 10. The first kappa shape index (κ1) is 36.6. The van der Waals surface area contributed by atoms with E-state index in [-0.39, 0.29) is 42.3 Å². The van der Waals surface area contributed by atoms with Crippen molar-refractivity contribution >= 4 is 17.6 Å². The maximum atomic E-state index is 15.2. The van der Waals surface area contributed by atoms with Gasteiger partial charge in [0.05, 0.1) is 38.8 Å². The van der Waals surface area contributed by atoms with Crippen LogP contribution in [-0.2, 0) is 13.1 Å². The van der Waals surface area contributed by atoms with Gasteiger partial charge in [-0.05, 0) is 66.4 Å². The van der Waals surface area contributed by atoms with Gasteiger partial charge in [0.15, 0.2) is 23.0 Å². The predicted octanol–water partition coefficient (Wildman–Crippen LogP) is 6.13. The average molecular weight is 703 g/mol. The van der Waals surface area contributed by atoms with Crippen molar-refractivity contribution in [3.8, 4) is 23.3 Å². The lowest BCUT2D eigenvalue weighted by Gasteiger charge is -2.25. The van der Waals surface area contributed by atoms with Crippen LogP contribution < -0.4 is 23.8 Å². The highest BCUT2D eigenvalue weighted by Gasteiger charge is 2.25. The Balaban J connectivity index is 1.54. The average Bonchev–Trinajstić information content (AvgIpc) is 3.56. The van der Waals surface area contributed by atoms with Crippen LogP contribution in [0.4, 0.5) is 15.0 Å². The number of carboxylic acid groups (broad SMARTS) is 1. The number of halogens is 1. The topological polar surface area (TPSA) is 144 Å². The van der Waals surface area contributed by atoms with Crippen LogP contribution in [0.1, 0.15) is 55.2 Å². The van der Waals surface area contributed by atoms with Crippen LogP contribution in [0.2, 0.25) is 0 Å². The molecule has 13 nitrogen and oxygen atoms in total. The molecular weight excluding hydrogens is 659 g/mol. The lowest BCUT2D eigenvalue weighted by Crippen LogP contribution is -2.29. The van der Waals surface area contributed by atoms with Gasteiger partial charge >= 0.3 is 12.1 Å². The molecule has 0 bridgehead atoms. The number of aliphatic hydroxyl groups excluding tert-OH is 1. The van der Waals surface area contributed by atoms with E-state index >= 15 is 4.39 Å². The molecule has 0 radical (unpaired) electrons. The molecule has 0 saturated carbocycles. The molecule has 1 amide bonds. The molecule has 51 heavy (non-hydrogen) atoms. The van der Waals surface area contributed by atoms with Crippen molar-refractivity contribution < 1.29 is 38.3 Å². The number of amides is 1. The SMILES string of the molecule is CCC[C@H](C)Oc1nc(N(Cc2ccc(OC)cc2)Cc2ccc(OC)cc2)c2ncc(C(O)c3ccc(OCCN(C)C(=O)O)c(F)c3)n2n1. The van der Waals surface area contributed by atoms with Gasteiger partial charge in [0.1, 0.15) is 24.2 Å². The summed E-state index contributed by atoms with van der Waals surface area (Å²) in [7, 11) is 4.63. The van der Waals surface area contributed by atoms with E-state index in [9.17, 15) is 9.90 Å². The van der Waals surface area contributed by atoms with Crippen LogP contribution in [0.3, 0.4) is 0 Å². The molecule has 5 aromatic rings. The number of aliphatic hydroxyl groups is 1. The minimum Gasteiger partial charge on any atom is -0.497 e. The number of hydrogen-bond donors (Lipinski definition) is 2. The zero-order valence-electron chi connectivity index (χ0n) is 29.3. The molecule has 2 atom stereocenters. The second-order valence-corrected chi connectivity index (χ2v) is 12.1. The summed E-state index contributed by atoms with van der Waals surface area (Å²) in [5.41, 5.74) is 2.85. The van der Waals surface area contributed by atoms with Gasteiger partial charge in [-0.25, -0.2) is 18.7 Å². The van der Waals surface area contributed by atoms with Crippen molar-refractivity contribution in [2.45, 2.75) is 52.0 Å². The molecule has 2 N–H and O–H groups in total. The number of methoxy groups -OCH3 is 2. The highest BCUT2D eigenvalue weighted by atomic mass is 19.1. The fraction of sp³-hybridized carbons (Fsp3) is 0.351. The van der Waals surface area contributed by atoms with E-state index in [0.717, 1.165) is 40.4 Å². The minimum absolute atomic E-state index is 0.0443. The summed E-state index contributed by atoms with van der Waals surface area (Å²) in [6.45, 7) is 4.89. The van der Waals surface area contributed by atoms with Crippen molar-refractivity contribution in [2.24, 2.45) is 0 Å². The van der Waals surface area contributed by atoms with Gasteiger partial charge < -0.3 is 39.0 Å². The van der Waals surface area contributed by atoms with Gasteiger partial charge in [0.2, 0.25) is 0 Å². The normalized spacial score (nSPS) is 12.3. The van der Waals surface area contributed by atoms with Gasteiger partial charge in [0.25, 0.3) is 0 Å². The smallest absolute Gasteiger partial charge is 0.407 e. The summed E-state index contributed by atoms with van der Waals surface area (Å²) in [6, 6.07) is 19.7. The second kappa shape index (κ2) is 16.9. The quantitative estimate of drug-likeness (QED) is 0.116. The third-order valence-electron chi connectivity index (χ3n) is 8.28. The maximum absolute atomic E-state index is 15.2. The van der Waals surface area contributed by atoms with Crippen LogP contribution in [0, 0.1) is 5.82 Å². The fourth-order valence-corrected chi connectivity index (χ4v) is 5.43. The highest BCUT2D eigenvalue weighted by Crippen LogP contribution is 2.31. The van der Waals surface area contributed by atoms with E-state index < -0.39 is 18.0 Å². The molecule has 0 spiro atoms. The molecule has 1 unspecified atom stereocenters. The molecule has 2 heterocycles. The minimum atomic E-state index is -1.33. The molecule has 0 aliphatic heterocycles. The predicted molar refractivity (Wildman–Crippen MR) is 188 cm³/mol. The molecule has 0 saturated heterocycles. The molecule has 0 aliphatic rings. The molecular formula is C37H43FN6O7. The standard InChI is InChI=1S/C37H43FN6O7/c1-6-7-24(2)51-36-40-35(43(22-25-8-13-28(48-4)14-9-25)23-26-10-15-29(49-5)16-11-26)34-39-21-31(44(34)41-36)33(45)27-12-17-32(30(38)20-27)50-19-18-42(3)37(46)47/h8-17,20-21,24,33,45H,6-7,18-19,22-23H2,1-5H3,(H,46,47)/t24-,33?/m0/s1. The van der Waals surface area contributed by atoms with Crippen LogP contribution >= 0.6 is 0 Å². The van der Waals surface area contributed by atoms with E-state index in [1.165, 1.54) is 36.0 Å². The summed E-state index contributed by atoms with van der Waals surface area (Å²) in [5.74, 6) is 1.16. The molecule has 5 rings (SSSR count). The number of anilines is 1. The number of likely N-dealkylation sites (N-methyl/N-ethyl adjacent to an activating group) is 1. The van der Waals surface area contributed by atoms with Crippen LogP contribution in [-0.4, -0.2) is 81.3 Å². The molecule has 3 aromatic carbocycles. The van der Waals surface area contributed by atoms with Gasteiger partial charge in [-0.15, -0.1) is 5.10 Å². The van der Waals surface area contributed by atoms with Gasteiger partial charge in [0, 0.05) is 20.1 Å². The molecule has 270 valence electrons. The third-order valence-corrected chi connectivity index (χ3v) is 8.28. The Kier molecular flexibility index (Phi) is 12.1. The highest BCUT2D eigenvalue weighted by molar-refractivity contribution is 5.65. The Morgan fingerprint density at radius 2 is 1.61 bits per heavy atom. The third kappa shape index (κ3) is 9.14. The first-order chi connectivity index (χ1) is 24.6. The Morgan fingerprint density at radius 3 is 2.16 bits per heavy atom. The Hall–Kier alpha value is -5.63. The molecule has 0 aliphatic carbocycles. The van der Waals surface area contributed by atoms with Crippen molar-refractivity contribution in [1.82, 2.24) is 24.5 Å². The maximum Gasteiger partial charge on any atom is 0.407 e. The Bertz CT molecular complexity index is 1860. The Morgan fingerprint density at radius 1 is 0.980 bits per heavy atom. The largest absolute Gasteiger partial charge is 0.497 e. The fourth-order valence-electron chi connectivity index (χ4n) is 5.43. The number of carbonyl (C=O) groups is 1. The lowest BCUT2D eigenvalue weighted by atomic mass is 10.1. The summed E-state index contributed by atoms with van der Waals surface area (Å²) >= 11 is 0. The number of ether oxygens (including phenoxy) is 4. The number of rotatable bonds is 17. The summed E-state index contributed by atoms with van der Waals surface area (Å²) in [6.07, 6.45) is 0.523. The summed E-state index contributed by atoms with van der Waals surface area (Å²) in [4.78, 5) is 23.7. The van der Waals surface area contributed by atoms with Gasteiger partial charge in [-0.1, -0.05) is 43.7 Å². The zero-order chi connectivity index (χ0) is 36.5. The molecule has 2 aromatic heterocycles. The summed E-state index contributed by atoms with van der Waals surface area (Å²) in [5, 5.41) is 25.3. The van der Waals surface area contributed by atoms with Crippen LogP contribution in [0.5, 0.6) is 23.3 Å². The number of imidazole rings is 1. The van der Waals surface area contributed by atoms with E-state index in [2.05, 4.69) is 21.9 Å². The second-order valence-electron chi connectivity index (χ2n) is 12.1. The van der Waals surface area contributed by atoms with Crippen molar-refractivity contribution in [2.75, 3.05) is 39.3 Å². The van der Waals surface area contributed by atoms with E-state index in [1.54, 1.807) is 14.2 Å². The number of fused-ring (bicyclic) bond motifs is 1. The van der Waals surface area contributed by atoms with E-state index in [4.69, 9.17) is 29.0 Å². The first-order valence-electron chi connectivity index (χ1n) is 16.6. The van der Waals surface area contributed by atoms with Crippen molar-refractivity contribution in [3.05, 3.63) is 101 Å². The van der Waals surface area contributed by atoms with E-state index in [0.29, 0.717) is 24.6 Å². The monoisotopic (exact) mass is 702 g/mol. The number of benzene rings is 3. The lowest BCUT2D eigenvalue weighted by molar-refractivity contribution is 0.146.